The van der Waals surface area contributed by atoms with Gasteiger partial charge >= 0.3 is 5.97 Å². The van der Waals surface area contributed by atoms with Crippen molar-refractivity contribution in [2.45, 2.75) is 12.5 Å². The lowest BCUT2D eigenvalue weighted by Crippen LogP contribution is -2.30. The SMILES string of the molecule is NC(CCPO)C(=O)O. The van der Waals surface area contributed by atoms with Crippen LogP contribution in [0.3, 0.4) is 0 Å². The van der Waals surface area contributed by atoms with Crippen LogP contribution < -0.4 is 5.73 Å². The molecule has 0 radical (unpaired) electrons. The van der Waals surface area contributed by atoms with Gasteiger partial charge < -0.3 is 15.7 Å². The summed E-state index contributed by atoms with van der Waals surface area (Å²) in [4.78, 5) is 18.3. The third-order valence-electron chi connectivity index (χ3n) is 0.884. The van der Waals surface area contributed by atoms with Gasteiger partial charge in [0.05, 0.1) is 0 Å². The first-order chi connectivity index (χ1) is 4.18. The monoisotopic (exact) mass is 151 g/mol. The molecule has 0 aliphatic heterocycles. The van der Waals surface area contributed by atoms with Crippen LogP contribution in [-0.4, -0.2) is 28.2 Å². The number of nitrogens with two attached hydrogens (primary N) is 1. The quantitative estimate of drug-likeness (QED) is 0.467. The Hall–Kier alpha value is -0.180. The Labute approximate surface area is 54.9 Å². The van der Waals surface area contributed by atoms with Crippen molar-refractivity contribution in [3.05, 3.63) is 0 Å². The van der Waals surface area contributed by atoms with E-state index in [9.17, 15) is 4.79 Å². The van der Waals surface area contributed by atoms with Crippen molar-refractivity contribution in [1.82, 2.24) is 0 Å². The normalized spacial score (nSPS) is 14.4. The number of carboxylic acid groups (broad SMARTS) is 1. The van der Waals surface area contributed by atoms with Crippen LogP contribution in [0.5, 0.6) is 0 Å². The summed E-state index contributed by atoms with van der Waals surface area (Å²) >= 11 is 0. The topological polar surface area (TPSA) is 83.5 Å². The number of carboxylic acids is 1. The lowest BCUT2D eigenvalue weighted by molar-refractivity contribution is -0.138. The maximum absolute atomic E-state index is 10.0. The van der Waals surface area contributed by atoms with Crippen molar-refractivity contribution in [1.29, 1.82) is 0 Å². The maximum atomic E-state index is 10.0. The predicted molar refractivity (Wildman–Crippen MR) is 35.6 cm³/mol. The van der Waals surface area contributed by atoms with E-state index >= 15 is 0 Å². The molecule has 9 heavy (non-hydrogen) atoms. The predicted octanol–water partition coefficient (Wildman–Crippen LogP) is -0.626. The molecular weight excluding hydrogens is 141 g/mol. The summed E-state index contributed by atoms with van der Waals surface area (Å²) in [6.07, 6.45) is 0.831. The minimum Gasteiger partial charge on any atom is -0.480 e. The van der Waals surface area contributed by atoms with Gasteiger partial charge in [-0.1, -0.05) is 0 Å². The molecule has 0 saturated carbocycles. The van der Waals surface area contributed by atoms with Gasteiger partial charge in [0.25, 0.3) is 0 Å². The van der Waals surface area contributed by atoms with Crippen molar-refractivity contribution < 1.29 is 14.8 Å². The Morgan fingerprint density at radius 3 is 2.67 bits per heavy atom. The highest BCUT2D eigenvalue weighted by Crippen LogP contribution is 2.04. The molecule has 0 heterocycles. The first-order valence-corrected chi connectivity index (χ1v) is 3.69. The van der Waals surface area contributed by atoms with Crippen LogP contribution in [-0.2, 0) is 4.79 Å². The van der Waals surface area contributed by atoms with Gasteiger partial charge in [0.1, 0.15) is 6.04 Å². The summed E-state index contributed by atoms with van der Waals surface area (Å²) in [6.45, 7) is 0. The van der Waals surface area contributed by atoms with E-state index in [1.165, 1.54) is 0 Å². The van der Waals surface area contributed by atoms with Gasteiger partial charge in [-0.05, 0) is 12.6 Å². The summed E-state index contributed by atoms with van der Waals surface area (Å²) in [6, 6.07) is -0.815. The van der Waals surface area contributed by atoms with Crippen molar-refractivity contribution in [3.8, 4) is 0 Å². The summed E-state index contributed by atoms with van der Waals surface area (Å²) in [5.74, 6) is -1.01. The molecule has 5 heteroatoms. The second-order valence-electron chi connectivity index (χ2n) is 1.64. The molecule has 0 amide bonds. The highest BCUT2D eigenvalue weighted by atomic mass is 31.1. The van der Waals surface area contributed by atoms with Gasteiger partial charge in [0, 0.05) is 8.81 Å². The average molecular weight is 151 g/mol. The molecule has 0 spiro atoms. The molecule has 0 saturated heterocycles. The zero-order valence-electron chi connectivity index (χ0n) is 4.87. The van der Waals surface area contributed by atoms with Crippen LogP contribution in [0.1, 0.15) is 6.42 Å². The van der Waals surface area contributed by atoms with Gasteiger partial charge in [-0.15, -0.1) is 0 Å². The number of hydrogen-bond acceptors (Lipinski definition) is 3. The summed E-state index contributed by atoms with van der Waals surface area (Å²) in [7, 11) is -0.200. The molecule has 2 unspecified atom stereocenters. The molecule has 4 nitrogen and oxygen atoms in total. The standard InChI is InChI=1S/C4H10NO3P/c5-3(4(6)7)1-2-9-8/h3,8-9H,1-2,5H2,(H,6,7). The highest BCUT2D eigenvalue weighted by Gasteiger charge is 2.09. The second-order valence-corrected chi connectivity index (χ2v) is 2.46. The largest absolute Gasteiger partial charge is 0.480 e. The Kier molecular flexibility index (Phi) is 4.58. The maximum Gasteiger partial charge on any atom is 0.320 e. The minimum absolute atomic E-state index is 0.200. The molecule has 54 valence electrons. The van der Waals surface area contributed by atoms with Crippen LogP contribution in [0.2, 0.25) is 0 Å². The molecule has 0 aromatic rings. The molecule has 0 fully saturated rings. The Morgan fingerprint density at radius 2 is 2.33 bits per heavy atom. The zero-order chi connectivity index (χ0) is 7.28. The van der Waals surface area contributed by atoms with Crippen LogP contribution in [0.4, 0.5) is 0 Å². The highest BCUT2D eigenvalue weighted by molar-refractivity contribution is 7.31. The second kappa shape index (κ2) is 4.68. The third-order valence-corrected chi connectivity index (χ3v) is 1.40. The van der Waals surface area contributed by atoms with E-state index in [1.807, 2.05) is 0 Å². The first kappa shape index (κ1) is 8.82. The van der Waals surface area contributed by atoms with E-state index in [-0.39, 0.29) is 8.81 Å². The fourth-order valence-corrected chi connectivity index (χ4v) is 0.784. The van der Waals surface area contributed by atoms with Gasteiger partial charge in [-0.25, -0.2) is 0 Å². The van der Waals surface area contributed by atoms with Gasteiger partial charge in [0.2, 0.25) is 0 Å². The molecule has 4 N–H and O–H groups in total. The van der Waals surface area contributed by atoms with Gasteiger partial charge in [-0.2, -0.15) is 0 Å². The van der Waals surface area contributed by atoms with E-state index in [2.05, 4.69) is 0 Å². The van der Waals surface area contributed by atoms with Gasteiger partial charge in [-0.3, -0.25) is 4.79 Å². The van der Waals surface area contributed by atoms with Gasteiger partial charge in [0.15, 0.2) is 0 Å². The van der Waals surface area contributed by atoms with Crippen molar-refractivity contribution in [3.63, 3.8) is 0 Å². The van der Waals surface area contributed by atoms with E-state index in [0.717, 1.165) is 0 Å². The Morgan fingerprint density at radius 1 is 1.78 bits per heavy atom. The van der Waals surface area contributed by atoms with E-state index in [0.29, 0.717) is 12.6 Å². The number of aliphatic carboxylic acids is 1. The minimum atomic E-state index is -1.01. The number of rotatable bonds is 4. The van der Waals surface area contributed by atoms with Crippen LogP contribution in [0.25, 0.3) is 0 Å². The van der Waals surface area contributed by atoms with E-state index < -0.39 is 12.0 Å². The smallest absolute Gasteiger partial charge is 0.320 e. The summed E-state index contributed by atoms with van der Waals surface area (Å²) in [5, 5.41) is 8.21. The third kappa shape index (κ3) is 4.33. The van der Waals surface area contributed by atoms with Crippen molar-refractivity contribution in [2.75, 3.05) is 6.16 Å². The summed E-state index contributed by atoms with van der Waals surface area (Å²) < 4.78 is 0. The van der Waals surface area contributed by atoms with Crippen molar-refractivity contribution >= 4 is 14.8 Å². The van der Waals surface area contributed by atoms with E-state index in [1.54, 1.807) is 0 Å². The number of carbonyl (C=O) groups is 1. The van der Waals surface area contributed by atoms with Crippen molar-refractivity contribution in [2.24, 2.45) is 5.73 Å². The fraction of sp³-hybridized carbons (Fsp3) is 0.750. The molecule has 2 atom stereocenters. The molecule has 0 bridgehead atoms. The number of hydrogen-bond donors (Lipinski definition) is 3. The van der Waals surface area contributed by atoms with Crippen LogP contribution in [0.15, 0.2) is 0 Å². The average Bonchev–Trinajstić information content (AvgIpc) is 1.82. The Balaban J connectivity index is 3.27. The Bertz CT molecular complexity index is 97.8. The lowest BCUT2D eigenvalue weighted by Gasteiger charge is -2.01. The molecule has 0 aliphatic rings. The molecule has 0 aliphatic carbocycles. The molecular formula is C4H10NO3P. The van der Waals surface area contributed by atoms with Crippen LogP contribution in [0, 0.1) is 0 Å². The zero-order valence-corrected chi connectivity index (χ0v) is 5.87. The first-order valence-electron chi connectivity index (χ1n) is 2.54. The fourth-order valence-electron chi connectivity index (χ4n) is 0.344. The molecule has 0 rings (SSSR count). The van der Waals surface area contributed by atoms with Crippen LogP contribution >= 0.6 is 8.81 Å². The van der Waals surface area contributed by atoms with E-state index in [4.69, 9.17) is 15.7 Å². The molecule has 0 aromatic carbocycles. The molecule has 0 aromatic heterocycles. The lowest BCUT2D eigenvalue weighted by atomic mass is 10.2. The summed E-state index contributed by atoms with van der Waals surface area (Å²) in [5.41, 5.74) is 5.10.